The molecule has 152 valence electrons. The summed E-state index contributed by atoms with van der Waals surface area (Å²) < 4.78 is 27.9. The van der Waals surface area contributed by atoms with E-state index in [4.69, 9.17) is 0 Å². The van der Waals surface area contributed by atoms with E-state index in [0.717, 1.165) is 17.7 Å². The predicted octanol–water partition coefficient (Wildman–Crippen LogP) is 2.46. The number of carbonyl (C=O) groups is 1. The van der Waals surface area contributed by atoms with E-state index < -0.39 is 17.5 Å². The molecule has 1 aromatic carbocycles. The predicted molar refractivity (Wildman–Crippen MR) is 106 cm³/mol. The van der Waals surface area contributed by atoms with Gasteiger partial charge in [0.15, 0.2) is 23.1 Å². The lowest BCUT2D eigenvalue weighted by Crippen LogP contribution is -2.24. The van der Waals surface area contributed by atoms with Gasteiger partial charge in [0.2, 0.25) is 0 Å². The molecule has 4 rings (SSSR count). The van der Waals surface area contributed by atoms with Crippen LogP contribution in [0.15, 0.2) is 53.6 Å². The fraction of sp³-hybridized carbons (Fsp3) is 0.143. The zero-order valence-electron chi connectivity index (χ0n) is 15.9. The summed E-state index contributed by atoms with van der Waals surface area (Å²) in [7, 11) is 1.54. The summed E-state index contributed by atoms with van der Waals surface area (Å²) in [5.41, 5.74) is 2.13. The van der Waals surface area contributed by atoms with Crippen LogP contribution in [0.25, 0.3) is 11.2 Å². The molecule has 0 atom stereocenters. The molecule has 0 saturated heterocycles. The minimum absolute atomic E-state index is 0.0638. The number of aryl methyl sites for hydroxylation is 1. The third-order valence-corrected chi connectivity index (χ3v) is 4.70. The topological polar surface area (TPSA) is 92.7 Å². The Labute approximate surface area is 169 Å². The number of nitrogens with one attached hydrogen (secondary N) is 2. The number of halogens is 2. The molecule has 7 nitrogen and oxygen atoms in total. The fourth-order valence-electron chi connectivity index (χ4n) is 3.15. The van der Waals surface area contributed by atoms with E-state index in [9.17, 15) is 18.4 Å². The molecule has 0 bridgehead atoms. The SMILES string of the molecule is Cn1c(=O)c(Cc2ccc(F)c(F)c2)cc2[nH]c(C(=O)NCc3cccnc3)nc21. The van der Waals surface area contributed by atoms with Gasteiger partial charge in [0.1, 0.15) is 0 Å². The molecular formula is C21H17F2N5O2. The van der Waals surface area contributed by atoms with Gasteiger partial charge < -0.3 is 10.3 Å². The molecule has 4 aromatic rings. The number of aromatic amines is 1. The smallest absolute Gasteiger partial charge is 0.287 e. The number of carbonyl (C=O) groups excluding carboxylic acids is 1. The number of imidazole rings is 1. The van der Waals surface area contributed by atoms with Crippen molar-refractivity contribution in [2.75, 3.05) is 0 Å². The Morgan fingerprint density at radius 2 is 2.00 bits per heavy atom. The van der Waals surface area contributed by atoms with Crippen LogP contribution in [0.2, 0.25) is 0 Å². The van der Waals surface area contributed by atoms with Crippen molar-refractivity contribution in [3.05, 3.63) is 93.3 Å². The van der Waals surface area contributed by atoms with Crippen molar-refractivity contribution in [1.82, 2.24) is 24.8 Å². The zero-order chi connectivity index (χ0) is 21.3. The fourth-order valence-corrected chi connectivity index (χ4v) is 3.15. The first-order valence-electron chi connectivity index (χ1n) is 9.12. The average molecular weight is 409 g/mol. The summed E-state index contributed by atoms with van der Waals surface area (Å²) in [5.74, 6) is -2.28. The Morgan fingerprint density at radius 3 is 2.73 bits per heavy atom. The highest BCUT2D eigenvalue weighted by atomic mass is 19.2. The van der Waals surface area contributed by atoms with Crippen LogP contribution in [-0.4, -0.2) is 25.4 Å². The Morgan fingerprint density at radius 1 is 1.17 bits per heavy atom. The molecule has 30 heavy (non-hydrogen) atoms. The minimum Gasteiger partial charge on any atom is -0.345 e. The zero-order valence-corrected chi connectivity index (χ0v) is 15.9. The highest BCUT2D eigenvalue weighted by Crippen LogP contribution is 2.15. The summed E-state index contributed by atoms with van der Waals surface area (Å²) in [6.07, 6.45) is 3.40. The quantitative estimate of drug-likeness (QED) is 0.530. The Hall–Kier alpha value is -3.88. The largest absolute Gasteiger partial charge is 0.345 e. The number of hydrogen-bond acceptors (Lipinski definition) is 4. The first-order valence-corrected chi connectivity index (χ1v) is 9.12. The van der Waals surface area contributed by atoms with Crippen molar-refractivity contribution in [1.29, 1.82) is 0 Å². The molecule has 2 N–H and O–H groups in total. The average Bonchev–Trinajstić information content (AvgIpc) is 3.18. The Kier molecular flexibility index (Phi) is 5.09. The van der Waals surface area contributed by atoms with Gasteiger partial charge in [-0.1, -0.05) is 12.1 Å². The summed E-state index contributed by atoms with van der Waals surface area (Å²) in [6.45, 7) is 0.282. The number of fused-ring (bicyclic) bond motifs is 1. The molecule has 0 aliphatic heterocycles. The van der Waals surface area contributed by atoms with E-state index in [0.29, 0.717) is 22.3 Å². The maximum Gasteiger partial charge on any atom is 0.287 e. The molecule has 0 spiro atoms. The number of nitrogens with zero attached hydrogens (tertiary/aromatic N) is 3. The molecule has 1 amide bonds. The van der Waals surface area contributed by atoms with E-state index in [-0.39, 0.29) is 24.3 Å². The normalized spacial score (nSPS) is 11.0. The van der Waals surface area contributed by atoms with Crippen molar-refractivity contribution in [3.8, 4) is 0 Å². The van der Waals surface area contributed by atoms with Crippen LogP contribution in [0, 0.1) is 11.6 Å². The number of pyridine rings is 2. The molecule has 0 unspecified atom stereocenters. The van der Waals surface area contributed by atoms with Crippen molar-refractivity contribution < 1.29 is 13.6 Å². The van der Waals surface area contributed by atoms with Gasteiger partial charge in [0.25, 0.3) is 11.5 Å². The molecular weight excluding hydrogens is 392 g/mol. The first-order chi connectivity index (χ1) is 14.4. The third kappa shape index (κ3) is 3.82. The van der Waals surface area contributed by atoms with Crippen LogP contribution < -0.4 is 10.9 Å². The van der Waals surface area contributed by atoms with Crippen LogP contribution in [0.5, 0.6) is 0 Å². The number of benzene rings is 1. The third-order valence-electron chi connectivity index (χ3n) is 4.70. The molecule has 3 aromatic heterocycles. The van der Waals surface area contributed by atoms with E-state index in [2.05, 4.69) is 20.3 Å². The summed E-state index contributed by atoms with van der Waals surface area (Å²) in [5, 5.41) is 2.74. The molecule has 0 aliphatic carbocycles. The monoisotopic (exact) mass is 409 g/mol. The van der Waals surface area contributed by atoms with Crippen LogP contribution in [0.1, 0.15) is 27.3 Å². The van der Waals surface area contributed by atoms with Crippen molar-refractivity contribution in [2.24, 2.45) is 7.05 Å². The first kappa shape index (κ1) is 19.4. The van der Waals surface area contributed by atoms with Crippen LogP contribution in [0.3, 0.4) is 0 Å². The van der Waals surface area contributed by atoms with Gasteiger partial charge >= 0.3 is 0 Å². The lowest BCUT2D eigenvalue weighted by Gasteiger charge is -2.05. The molecule has 9 heteroatoms. The highest BCUT2D eigenvalue weighted by molar-refractivity contribution is 5.93. The van der Waals surface area contributed by atoms with Gasteiger partial charge in [-0.2, -0.15) is 0 Å². The molecule has 0 saturated carbocycles. The summed E-state index contributed by atoms with van der Waals surface area (Å²) in [6, 6.07) is 8.68. The number of rotatable bonds is 5. The van der Waals surface area contributed by atoms with Crippen LogP contribution in [0.4, 0.5) is 8.78 Å². The standard InChI is InChI=1S/C21H17F2N5O2/c1-28-19-17(9-14(21(28)30)7-12-4-5-15(22)16(23)8-12)26-18(27-19)20(29)25-11-13-3-2-6-24-10-13/h2-6,8-10H,7,11H2,1H3,(H,25,29)(H,26,27). The van der Waals surface area contributed by atoms with Crippen molar-refractivity contribution in [3.63, 3.8) is 0 Å². The maximum absolute atomic E-state index is 13.5. The van der Waals surface area contributed by atoms with Crippen molar-refractivity contribution in [2.45, 2.75) is 13.0 Å². The van der Waals surface area contributed by atoms with Crippen LogP contribution >= 0.6 is 0 Å². The van der Waals surface area contributed by atoms with Crippen molar-refractivity contribution >= 4 is 17.1 Å². The van der Waals surface area contributed by atoms with Gasteiger partial charge in [0.05, 0.1) is 5.52 Å². The molecule has 3 heterocycles. The number of H-pyrrole nitrogens is 1. The molecule has 0 fully saturated rings. The maximum atomic E-state index is 13.5. The number of aromatic nitrogens is 4. The van der Waals surface area contributed by atoms with E-state index in [1.165, 1.54) is 17.7 Å². The summed E-state index contributed by atoms with van der Waals surface area (Å²) >= 11 is 0. The Bertz CT molecular complexity index is 1300. The van der Waals surface area contributed by atoms with Gasteiger partial charge in [-0.15, -0.1) is 0 Å². The summed E-state index contributed by atoms with van der Waals surface area (Å²) in [4.78, 5) is 36.2. The minimum atomic E-state index is -0.973. The van der Waals surface area contributed by atoms with E-state index in [1.54, 1.807) is 24.5 Å². The lowest BCUT2D eigenvalue weighted by atomic mass is 10.1. The number of hydrogen-bond donors (Lipinski definition) is 2. The molecule has 0 aliphatic rings. The second-order valence-electron chi connectivity index (χ2n) is 6.83. The highest BCUT2D eigenvalue weighted by Gasteiger charge is 2.16. The molecule has 0 radical (unpaired) electrons. The second kappa shape index (κ2) is 7.86. The number of amides is 1. The van der Waals surface area contributed by atoms with E-state index in [1.807, 2.05) is 6.07 Å². The van der Waals surface area contributed by atoms with Gasteiger partial charge in [-0.25, -0.2) is 13.8 Å². The second-order valence-corrected chi connectivity index (χ2v) is 6.83. The van der Waals surface area contributed by atoms with Crippen LogP contribution in [-0.2, 0) is 20.0 Å². The van der Waals surface area contributed by atoms with Gasteiger partial charge in [-0.05, 0) is 35.4 Å². The van der Waals surface area contributed by atoms with Gasteiger partial charge in [0, 0.05) is 38.0 Å². The lowest BCUT2D eigenvalue weighted by molar-refractivity contribution is 0.0941. The Balaban J connectivity index is 1.61. The van der Waals surface area contributed by atoms with E-state index >= 15 is 0 Å². The van der Waals surface area contributed by atoms with Gasteiger partial charge in [-0.3, -0.25) is 19.1 Å².